The van der Waals surface area contributed by atoms with Gasteiger partial charge in [-0.2, -0.15) is 5.26 Å². The molecule has 0 spiro atoms. The van der Waals surface area contributed by atoms with Gasteiger partial charge in [-0.25, -0.2) is 0 Å². The number of likely N-dealkylation sites (N-methyl/N-ethyl adjacent to an activating group) is 1. The van der Waals surface area contributed by atoms with Crippen LogP contribution in [0.4, 0.5) is 0 Å². The Morgan fingerprint density at radius 1 is 1.50 bits per heavy atom. The van der Waals surface area contributed by atoms with Gasteiger partial charge in [0.2, 0.25) is 0 Å². The van der Waals surface area contributed by atoms with Gasteiger partial charge in [0.25, 0.3) is 0 Å². The van der Waals surface area contributed by atoms with Crippen molar-refractivity contribution in [2.24, 2.45) is 0 Å². The zero-order valence-electron chi connectivity index (χ0n) is 10.7. The molecule has 0 aliphatic carbocycles. The van der Waals surface area contributed by atoms with Crippen LogP contribution in [0.2, 0.25) is 0 Å². The summed E-state index contributed by atoms with van der Waals surface area (Å²) in [4.78, 5) is 2.28. The molecule has 1 aromatic rings. The number of hydrogen-bond donors (Lipinski definition) is 1. The minimum Gasteiger partial charge on any atom is -0.374 e. The van der Waals surface area contributed by atoms with E-state index in [0.717, 1.165) is 37.4 Å². The van der Waals surface area contributed by atoms with E-state index in [1.54, 1.807) is 0 Å². The molecule has 0 radical (unpaired) electrons. The summed E-state index contributed by atoms with van der Waals surface area (Å²) >= 11 is 0. The summed E-state index contributed by atoms with van der Waals surface area (Å²) in [5.41, 5.74) is 1.79. The van der Waals surface area contributed by atoms with Crippen LogP contribution in [0, 0.1) is 11.3 Å². The third kappa shape index (κ3) is 3.54. The fourth-order valence-electron chi connectivity index (χ4n) is 2.14. The number of hydrogen-bond acceptors (Lipinski definition) is 4. The molecule has 4 heteroatoms. The molecule has 0 amide bonds. The fraction of sp³-hybridized carbons (Fsp3) is 0.500. The van der Waals surface area contributed by atoms with E-state index in [0.29, 0.717) is 6.54 Å². The molecule has 1 heterocycles. The largest absolute Gasteiger partial charge is 0.374 e. The first-order chi connectivity index (χ1) is 8.79. The molecule has 18 heavy (non-hydrogen) atoms. The second kappa shape index (κ2) is 6.50. The Balaban J connectivity index is 1.80. The van der Waals surface area contributed by atoms with E-state index in [9.17, 15) is 0 Å². The normalized spacial score (nSPS) is 20.6. The van der Waals surface area contributed by atoms with Gasteiger partial charge in [0.15, 0.2) is 0 Å². The van der Waals surface area contributed by atoms with E-state index < -0.39 is 0 Å². The van der Waals surface area contributed by atoms with Crippen LogP contribution in [0.3, 0.4) is 0 Å². The Kier molecular flexibility index (Phi) is 4.71. The SMILES string of the molecule is CN1CCOC(CNCc2ccccc2C#N)C1. The van der Waals surface area contributed by atoms with Crippen molar-refractivity contribution in [3.63, 3.8) is 0 Å². The molecular weight excluding hydrogens is 226 g/mol. The molecule has 4 nitrogen and oxygen atoms in total. The van der Waals surface area contributed by atoms with E-state index in [4.69, 9.17) is 10.00 Å². The summed E-state index contributed by atoms with van der Waals surface area (Å²) in [5, 5.41) is 12.4. The van der Waals surface area contributed by atoms with Crippen molar-refractivity contribution in [3.05, 3.63) is 35.4 Å². The van der Waals surface area contributed by atoms with Gasteiger partial charge in [0.1, 0.15) is 0 Å². The van der Waals surface area contributed by atoms with Gasteiger partial charge in [-0.15, -0.1) is 0 Å². The summed E-state index contributed by atoms with van der Waals surface area (Å²) in [6, 6.07) is 9.90. The van der Waals surface area contributed by atoms with Gasteiger partial charge in [-0.1, -0.05) is 18.2 Å². The van der Waals surface area contributed by atoms with E-state index in [2.05, 4.69) is 23.3 Å². The molecule has 2 rings (SSSR count). The first kappa shape index (κ1) is 13.0. The summed E-state index contributed by atoms with van der Waals surface area (Å²) < 4.78 is 5.67. The van der Waals surface area contributed by atoms with Crippen LogP contribution in [-0.2, 0) is 11.3 Å². The first-order valence-corrected chi connectivity index (χ1v) is 6.28. The summed E-state index contributed by atoms with van der Waals surface area (Å²) in [7, 11) is 2.11. The van der Waals surface area contributed by atoms with Gasteiger partial charge < -0.3 is 15.0 Å². The maximum absolute atomic E-state index is 8.99. The lowest BCUT2D eigenvalue weighted by Crippen LogP contribution is -2.44. The monoisotopic (exact) mass is 245 g/mol. The highest BCUT2D eigenvalue weighted by atomic mass is 16.5. The number of morpholine rings is 1. The molecule has 1 unspecified atom stereocenters. The molecule has 0 bridgehead atoms. The molecule has 0 saturated carbocycles. The third-order valence-corrected chi connectivity index (χ3v) is 3.17. The predicted molar refractivity (Wildman–Crippen MR) is 70.1 cm³/mol. The van der Waals surface area contributed by atoms with Crippen molar-refractivity contribution in [2.45, 2.75) is 12.6 Å². The Morgan fingerprint density at radius 3 is 3.11 bits per heavy atom. The van der Waals surface area contributed by atoms with Crippen molar-refractivity contribution in [1.29, 1.82) is 5.26 Å². The van der Waals surface area contributed by atoms with Crippen LogP contribution in [-0.4, -0.2) is 44.3 Å². The van der Waals surface area contributed by atoms with E-state index >= 15 is 0 Å². The van der Waals surface area contributed by atoms with Crippen LogP contribution in [0.25, 0.3) is 0 Å². The molecular formula is C14H19N3O. The predicted octanol–water partition coefficient (Wildman–Crippen LogP) is 0.978. The molecule has 96 valence electrons. The molecule has 1 N–H and O–H groups in total. The number of nitrogens with zero attached hydrogens (tertiary/aromatic N) is 2. The summed E-state index contributed by atoms with van der Waals surface area (Å²) in [6.45, 7) is 4.32. The van der Waals surface area contributed by atoms with Crippen molar-refractivity contribution < 1.29 is 4.74 Å². The summed E-state index contributed by atoms with van der Waals surface area (Å²) in [5.74, 6) is 0. The Bertz CT molecular complexity index is 427. The fourth-order valence-corrected chi connectivity index (χ4v) is 2.14. The van der Waals surface area contributed by atoms with Crippen LogP contribution in [0.15, 0.2) is 24.3 Å². The summed E-state index contributed by atoms with van der Waals surface area (Å²) in [6.07, 6.45) is 0.248. The molecule has 1 aliphatic heterocycles. The molecule has 1 saturated heterocycles. The number of benzene rings is 1. The quantitative estimate of drug-likeness (QED) is 0.859. The van der Waals surface area contributed by atoms with Crippen molar-refractivity contribution in [3.8, 4) is 6.07 Å². The van der Waals surface area contributed by atoms with Crippen LogP contribution in [0.1, 0.15) is 11.1 Å². The highest BCUT2D eigenvalue weighted by Crippen LogP contribution is 2.07. The lowest BCUT2D eigenvalue weighted by Gasteiger charge is -2.30. The minimum atomic E-state index is 0.248. The number of rotatable bonds is 4. The topological polar surface area (TPSA) is 48.3 Å². The zero-order valence-corrected chi connectivity index (χ0v) is 10.7. The molecule has 1 aliphatic rings. The Morgan fingerprint density at radius 2 is 2.33 bits per heavy atom. The number of ether oxygens (including phenoxy) is 1. The maximum Gasteiger partial charge on any atom is 0.0995 e. The minimum absolute atomic E-state index is 0.248. The zero-order chi connectivity index (χ0) is 12.8. The van der Waals surface area contributed by atoms with E-state index in [1.807, 2.05) is 24.3 Å². The molecule has 1 aromatic carbocycles. The second-order valence-corrected chi connectivity index (χ2v) is 4.65. The van der Waals surface area contributed by atoms with Crippen molar-refractivity contribution >= 4 is 0 Å². The van der Waals surface area contributed by atoms with Gasteiger partial charge in [0.05, 0.1) is 24.3 Å². The molecule has 1 atom stereocenters. The standard InChI is InChI=1S/C14H19N3O/c1-17-6-7-18-14(11-17)10-16-9-13-5-3-2-4-12(13)8-15/h2-5,14,16H,6-7,9-11H2,1H3. The van der Waals surface area contributed by atoms with Gasteiger partial charge >= 0.3 is 0 Å². The van der Waals surface area contributed by atoms with Crippen LogP contribution in [0.5, 0.6) is 0 Å². The van der Waals surface area contributed by atoms with E-state index in [-0.39, 0.29) is 6.10 Å². The lowest BCUT2D eigenvalue weighted by molar-refractivity contribution is -0.0182. The second-order valence-electron chi connectivity index (χ2n) is 4.65. The van der Waals surface area contributed by atoms with Crippen LogP contribution >= 0.6 is 0 Å². The average Bonchev–Trinajstić information content (AvgIpc) is 2.39. The number of nitriles is 1. The van der Waals surface area contributed by atoms with Gasteiger partial charge in [-0.3, -0.25) is 0 Å². The smallest absolute Gasteiger partial charge is 0.0995 e. The Hall–Kier alpha value is -1.41. The van der Waals surface area contributed by atoms with Crippen LogP contribution < -0.4 is 5.32 Å². The molecule has 1 fully saturated rings. The first-order valence-electron chi connectivity index (χ1n) is 6.28. The molecule has 0 aromatic heterocycles. The van der Waals surface area contributed by atoms with E-state index in [1.165, 1.54) is 0 Å². The average molecular weight is 245 g/mol. The highest BCUT2D eigenvalue weighted by molar-refractivity contribution is 5.37. The highest BCUT2D eigenvalue weighted by Gasteiger charge is 2.16. The van der Waals surface area contributed by atoms with Crippen molar-refractivity contribution in [1.82, 2.24) is 10.2 Å². The number of nitrogens with one attached hydrogen (secondary N) is 1. The van der Waals surface area contributed by atoms with Gasteiger partial charge in [0, 0.05) is 26.2 Å². The van der Waals surface area contributed by atoms with Gasteiger partial charge in [-0.05, 0) is 18.7 Å². The van der Waals surface area contributed by atoms with Crippen molar-refractivity contribution in [2.75, 3.05) is 33.3 Å². The Labute approximate surface area is 108 Å². The third-order valence-electron chi connectivity index (χ3n) is 3.17. The maximum atomic E-state index is 8.99. The lowest BCUT2D eigenvalue weighted by atomic mass is 10.1.